The zero-order valence-corrected chi connectivity index (χ0v) is 14.6. The Morgan fingerprint density at radius 2 is 2.20 bits per heavy atom. The number of aryl methyl sites for hydroxylation is 1. The van der Waals surface area contributed by atoms with Gasteiger partial charge < -0.3 is 19.8 Å². The maximum atomic E-state index is 12.4. The van der Waals surface area contributed by atoms with Crippen molar-refractivity contribution in [3.05, 3.63) is 47.4 Å². The van der Waals surface area contributed by atoms with E-state index >= 15 is 0 Å². The topological polar surface area (TPSA) is 81.2 Å². The molecule has 0 aliphatic carbocycles. The van der Waals surface area contributed by atoms with E-state index < -0.39 is 0 Å². The Kier molecular flexibility index (Phi) is 5.04. The van der Waals surface area contributed by atoms with E-state index in [4.69, 9.17) is 9.47 Å². The molecule has 0 aliphatic rings. The Morgan fingerprint density at radius 3 is 2.96 bits per heavy atom. The zero-order chi connectivity index (χ0) is 17.8. The molecule has 1 aromatic carbocycles. The van der Waals surface area contributed by atoms with Crippen molar-refractivity contribution in [2.75, 3.05) is 20.8 Å². The number of nitrogens with zero attached hydrogens (tertiary/aromatic N) is 2. The van der Waals surface area contributed by atoms with E-state index in [1.165, 1.54) is 0 Å². The number of fused-ring (bicyclic) bond motifs is 1. The molecule has 1 amide bonds. The summed E-state index contributed by atoms with van der Waals surface area (Å²) in [6, 6.07) is 5.89. The summed E-state index contributed by atoms with van der Waals surface area (Å²) in [5, 5.41) is 8.26. The van der Waals surface area contributed by atoms with Crippen LogP contribution in [0.25, 0.3) is 10.9 Å². The number of hydrogen-bond donors (Lipinski definition) is 2. The quantitative estimate of drug-likeness (QED) is 0.688. The smallest absolute Gasteiger partial charge is 0.254 e. The van der Waals surface area contributed by atoms with Gasteiger partial charge in [-0.05, 0) is 24.1 Å². The molecule has 0 saturated carbocycles. The summed E-state index contributed by atoms with van der Waals surface area (Å²) in [5.41, 5.74) is 3.31. The van der Waals surface area contributed by atoms with Crippen molar-refractivity contribution < 1.29 is 14.3 Å². The molecular formula is C18H22N4O3. The standard InChI is InChI=1S/C18H22N4O3/c1-22-10-13(15(21-22)11-24-2)18(23)19-8-7-12-9-20-14-5-4-6-16(25-3)17(12)14/h4-6,9-10,20H,7-8,11H2,1-3H3,(H,19,23). The SMILES string of the molecule is COCc1nn(C)cc1C(=O)NCCc1c[nH]c2cccc(OC)c12. The lowest BCUT2D eigenvalue weighted by atomic mass is 10.1. The third kappa shape index (κ3) is 3.51. The van der Waals surface area contributed by atoms with Crippen LogP contribution >= 0.6 is 0 Å². The first kappa shape index (κ1) is 17.0. The second kappa shape index (κ2) is 7.40. The minimum atomic E-state index is -0.146. The average molecular weight is 342 g/mol. The highest BCUT2D eigenvalue weighted by Gasteiger charge is 2.15. The first-order valence-electron chi connectivity index (χ1n) is 8.06. The molecule has 25 heavy (non-hydrogen) atoms. The molecule has 2 aromatic heterocycles. The largest absolute Gasteiger partial charge is 0.496 e. The fourth-order valence-corrected chi connectivity index (χ4v) is 2.96. The van der Waals surface area contributed by atoms with Gasteiger partial charge in [0.2, 0.25) is 0 Å². The van der Waals surface area contributed by atoms with Crippen LogP contribution < -0.4 is 10.1 Å². The third-order valence-corrected chi connectivity index (χ3v) is 4.08. The highest BCUT2D eigenvalue weighted by atomic mass is 16.5. The second-order valence-electron chi connectivity index (χ2n) is 5.80. The van der Waals surface area contributed by atoms with Gasteiger partial charge in [-0.3, -0.25) is 9.48 Å². The Morgan fingerprint density at radius 1 is 1.36 bits per heavy atom. The van der Waals surface area contributed by atoms with Gasteiger partial charge in [-0.15, -0.1) is 0 Å². The van der Waals surface area contributed by atoms with Crippen molar-refractivity contribution in [1.82, 2.24) is 20.1 Å². The van der Waals surface area contributed by atoms with E-state index in [1.807, 2.05) is 24.4 Å². The van der Waals surface area contributed by atoms with Gasteiger partial charge in [0.15, 0.2) is 0 Å². The Bertz CT molecular complexity index is 882. The Labute approximate surface area is 145 Å². The second-order valence-corrected chi connectivity index (χ2v) is 5.80. The Hall–Kier alpha value is -2.80. The van der Waals surface area contributed by atoms with Crippen molar-refractivity contribution >= 4 is 16.8 Å². The molecule has 3 aromatic rings. The van der Waals surface area contributed by atoms with Crippen LogP contribution in [0.15, 0.2) is 30.6 Å². The molecule has 2 heterocycles. The van der Waals surface area contributed by atoms with Crippen LogP contribution in [0.5, 0.6) is 5.75 Å². The average Bonchev–Trinajstić information content (AvgIpc) is 3.18. The monoisotopic (exact) mass is 342 g/mol. The number of hydrogen-bond acceptors (Lipinski definition) is 4. The molecule has 0 spiro atoms. The number of aromatic nitrogens is 3. The number of carbonyl (C=O) groups is 1. The van der Waals surface area contributed by atoms with Crippen LogP contribution in [0.4, 0.5) is 0 Å². The molecule has 0 aliphatic heterocycles. The maximum absolute atomic E-state index is 12.4. The van der Waals surface area contributed by atoms with Gasteiger partial charge in [-0.25, -0.2) is 0 Å². The summed E-state index contributed by atoms with van der Waals surface area (Å²) in [7, 11) is 5.03. The minimum Gasteiger partial charge on any atom is -0.496 e. The van der Waals surface area contributed by atoms with Gasteiger partial charge in [0.05, 0.1) is 19.3 Å². The lowest BCUT2D eigenvalue weighted by molar-refractivity contribution is 0.0949. The Balaban J connectivity index is 1.68. The third-order valence-electron chi connectivity index (χ3n) is 4.08. The molecular weight excluding hydrogens is 320 g/mol. The van der Waals surface area contributed by atoms with E-state index in [0.717, 1.165) is 22.2 Å². The van der Waals surface area contributed by atoms with Gasteiger partial charge in [-0.1, -0.05) is 6.07 Å². The van der Waals surface area contributed by atoms with Crippen molar-refractivity contribution in [3.8, 4) is 5.75 Å². The highest BCUT2D eigenvalue weighted by Crippen LogP contribution is 2.28. The van der Waals surface area contributed by atoms with Crippen LogP contribution in [0.2, 0.25) is 0 Å². The van der Waals surface area contributed by atoms with Crippen molar-refractivity contribution in [1.29, 1.82) is 0 Å². The molecule has 0 saturated heterocycles. The summed E-state index contributed by atoms with van der Waals surface area (Å²) in [5.74, 6) is 0.682. The number of nitrogens with one attached hydrogen (secondary N) is 2. The van der Waals surface area contributed by atoms with Crippen LogP contribution in [0.3, 0.4) is 0 Å². The van der Waals surface area contributed by atoms with Crippen LogP contribution in [0, 0.1) is 0 Å². The molecule has 2 N–H and O–H groups in total. The van der Waals surface area contributed by atoms with Crippen molar-refractivity contribution in [2.24, 2.45) is 7.05 Å². The van der Waals surface area contributed by atoms with Crippen LogP contribution in [-0.4, -0.2) is 41.4 Å². The number of carbonyl (C=O) groups excluding carboxylic acids is 1. The lowest BCUT2D eigenvalue weighted by Gasteiger charge is -2.07. The molecule has 132 valence electrons. The number of ether oxygens (including phenoxy) is 2. The van der Waals surface area contributed by atoms with Gasteiger partial charge in [-0.2, -0.15) is 5.10 Å². The number of amides is 1. The molecule has 0 atom stereocenters. The molecule has 0 radical (unpaired) electrons. The maximum Gasteiger partial charge on any atom is 0.254 e. The summed E-state index contributed by atoms with van der Waals surface area (Å²) >= 11 is 0. The van der Waals surface area contributed by atoms with Gasteiger partial charge in [0.1, 0.15) is 11.4 Å². The first-order chi connectivity index (χ1) is 12.1. The molecule has 0 unspecified atom stereocenters. The zero-order valence-electron chi connectivity index (χ0n) is 14.6. The number of rotatable bonds is 7. The highest BCUT2D eigenvalue weighted by molar-refractivity contribution is 5.95. The lowest BCUT2D eigenvalue weighted by Crippen LogP contribution is -2.26. The molecule has 0 bridgehead atoms. The summed E-state index contributed by atoms with van der Waals surface area (Å²) in [4.78, 5) is 15.7. The normalized spacial score (nSPS) is 11.0. The number of aromatic amines is 1. The van der Waals surface area contributed by atoms with Gasteiger partial charge >= 0.3 is 0 Å². The molecule has 7 nitrogen and oxygen atoms in total. The van der Waals surface area contributed by atoms with Crippen molar-refractivity contribution in [2.45, 2.75) is 13.0 Å². The fraction of sp³-hybridized carbons (Fsp3) is 0.333. The van der Waals surface area contributed by atoms with Crippen LogP contribution in [0.1, 0.15) is 21.6 Å². The predicted octanol–water partition coefficient (Wildman–Crippen LogP) is 2.03. The molecule has 3 rings (SSSR count). The fourth-order valence-electron chi connectivity index (χ4n) is 2.96. The van der Waals surface area contributed by atoms with Gasteiger partial charge in [0.25, 0.3) is 5.91 Å². The van der Waals surface area contributed by atoms with Crippen molar-refractivity contribution in [3.63, 3.8) is 0 Å². The molecule has 7 heteroatoms. The first-order valence-corrected chi connectivity index (χ1v) is 8.06. The number of benzene rings is 1. The minimum absolute atomic E-state index is 0.146. The van der Waals surface area contributed by atoms with E-state index in [-0.39, 0.29) is 5.91 Å². The summed E-state index contributed by atoms with van der Waals surface area (Å²) in [6.07, 6.45) is 4.37. The van der Waals surface area contributed by atoms with E-state index in [9.17, 15) is 4.79 Å². The predicted molar refractivity (Wildman–Crippen MR) is 94.8 cm³/mol. The van der Waals surface area contributed by atoms with E-state index in [0.29, 0.717) is 30.8 Å². The molecule has 0 fully saturated rings. The van der Waals surface area contributed by atoms with Gasteiger partial charge in [0, 0.05) is 44.0 Å². The summed E-state index contributed by atoms with van der Waals surface area (Å²) < 4.78 is 12.2. The van der Waals surface area contributed by atoms with E-state index in [1.54, 1.807) is 32.1 Å². The summed E-state index contributed by atoms with van der Waals surface area (Å²) in [6.45, 7) is 0.828. The number of methoxy groups -OCH3 is 2. The van der Waals surface area contributed by atoms with E-state index in [2.05, 4.69) is 15.4 Å². The van der Waals surface area contributed by atoms with Crippen LogP contribution in [-0.2, 0) is 24.8 Å². The number of H-pyrrole nitrogens is 1.